The van der Waals surface area contributed by atoms with Crippen molar-refractivity contribution < 1.29 is 22.7 Å². The van der Waals surface area contributed by atoms with Crippen LogP contribution in [0, 0.1) is 5.41 Å². The fourth-order valence-corrected chi connectivity index (χ4v) is 7.45. The number of hydrogen-bond donors (Lipinski definition) is 2. The molecule has 7 rings (SSSR count). The number of rotatable bonds is 6. The Morgan fingerprint density at radius 3 is 2.51 bits per heavy atom. The van der Waals surface area contributed by atoms with Gasteiger partial charge in [0, 0.05) is 68.0 Å². The molecular formula is C37H40ClF3N6O2. The van der Waals surface area contributed by atoms with Crippen LogP contribution in [-0.4, -0.2) is 72.3 Å². The summed E-state index contributed by atoms with van der Waals surface area (Å²) in [6, 6.07) is 17.1. The average molecular weight is 693 g/mol. The van der Waals surface area contributed by atoms with Crippen molar-refractivity contribution in [2.75, 3.05) is 49.1 Å². The zero-order valence-corrected chi connectivity index (χ0v) is 28.4. The quantitative estimate of drug-likeness (QED) is 0.213. The number of piperazine rings is 1. The van der Waals surface area contributed by atoms with Crippen LogP contribution in [0.25, 0.3) is 16.6 Å². The summed E-state index contributed by atoms with van der Waals surface area (Å²) in [5, 5.41) is 1.44. The van der Waals surface area contributed by atoms with Gasteiger partial charge in [0.05, 0.1) is 11.3 Å². The Kier molecular flexibility index (Phi) is 8.77. The smallest absolute Gasteiger partial charge is 0.425 e. The number of fused-ring (bicyclic) bond motifs is 2. The fourth-order valence-electron chi connectivity index (χ4n) is 7.32. The number of nitrogens with zero attached hydrogens (tertiary/aromatic N) is 4. The van der Waals surface area contributed by atoms with Gasteiger partial charge < -0.3 is 25.3 Å². The van der Waals surface area contributed by atoms with E-state index in [0.29, 0.717) is 22.4 Å². The number of aromatic amines is 1. The molecule has 0 radical (unpaired) electrons. The van der Waals surface area contributed by atoms with Gasteiger partial charge in [0.25, 0.3) is 5.91 Å². The van der Waals surface area contributed by atoms with Gasteiger partial charge in [-0.2, -0.15) is 18.2 Å². The number of halogens is 4. The van der Waals surface area contributed by atoms with E-state index in [4.69, 9.17) is 22.1 Å². The van der Waals surface area contributed by atoms with Crippen LogP contribution in [0.4, 0.5) is 30.2 Å². The normalized spacial score (nSPS) is 20.2. The first-order valence-electron chi connectivity index (χ1n) is 16.7. The highest BCUT2D eigenvalue weighted by atomic mass is 35.5. The third kappa shape index (κ3) is 6.96. The number of alkyl halides is 3. The minimum atomic E-state index is -4.59. The molecule has 8 nitrogen and oxygen atoms in total. The van der Waals surface area contributed by atoms with Gasteiger partial charge in [-0.1, -0.05) is 43.2 Å². The molecule has 12 heteroatoms. The van der Waals surface area contributed by atoms with Gasteiger partial charge in [-0.3, -0.25) is 9.69 Å². The predicted molar refractivity (Wildman–Crippen MR) is 188 cm³/mol. The van der Waals surface area contributed by atoms with Crippen molar-refractivity contribution in [1.82, 2.24) is 14.9 Å². The van der Waals surface area contributed by atoms with Crippen molar-refractivity contribution in [2.45, 2.75) is 51.8 Å². The van der Waals surface area contributed by atoms with Crippen LogP contribution < -0.4 is 20.3 Å². The van der Waals surface area contributed by atoms with E-state index in [0.717, 1.165) is 62.7 Å². The van der Waals surface area contributed by atoms with Gasteiger partial charge in [-0.15, -0.1) is 0 Å². The lowest BCUT2D eigenvalue weighted by molar-refractivity contribution is -0.195. The van der Waals surface area contributed by atoms with Gasteiger partial charge in [-0.25, -0.2) is 0 Å². The molecule has 4 aromatic rings. The van der Waals surface area contributed by atoms with E-state index in [2.05, 4.69) is 45.7 Å². The van der Waals surface area contributed by atoms with Crippen LogP contribution in [0.2, 0.25) is 5.02 Å². The maximum absolute atomic E-state index is 14.0. The second kappa shape index (κ2) is 12.9. The van der Waals surface area contributed by atoms with Crippen LogP contribution >= 0.6 is 11.6 Å². The Balaban J connectivity index is 1.15. The molecule has 1 aliphatic carbocycles. The van der Waals surface area contributed by atoms with Gasteiger partial charge in [0.1, 0.15) is 11.3 Å². The Bertz CT molecular complexity index is 1900. The lowest BCUT2D eigenvalue weighted by Gasteiger charge is -2.39. The van der Waals surface area contributed by atoms with Gasteiger partial charge in [0.15, 0.2) is 6.10 Å². The van der Waals surface area contributed by atoms with E-state index in [-0.39, 0.29) is 29.8 Å². The number of ether oxygens (including phenoxy) is 1. The largest absolute Gasteiger partial charge is 0.463 e. The molecule has 1 fully saturated rings. The molecule has 1 saturated heterocycles. The Morgan fingerprint density at radius 2 is 1.80 bits per heavy atom. The fraction of sp³-hybridized carbons (Fsp3) is 0.405. The number of H-pyrrole nitrogens is 1. The molecular weight excluding hydrogens is 653 g/mol. The van der Waals surface area contributed by atoms with E-state index in [1.54, 1.807) is 29.3 Å². The highest BCUT2D eigenvalue weighted by Crippen LogP contribution is 2.45. The number of anilines is 3. The van der Waals surface area contributed by atoms with E-state index < -0.39 is 18.2 Å². The summed E-state index contributed by atoms with van der Waals surface area (Å²) in [4.78, 5) is 26.5. The number of aromatic nitrogens is 2. The van der Waals surface area contributed by atoms with Crippen molar-refractivity contribution in [3.63, 3.8) is 0 Å². The van der Waals surface area contributed by atoms with E-state index in [9.17, 15) is 18.0 Å². The number of benzene rings is 2. The summed E-state index contributed by atoms with van der Waals surface area (Å²) in [5.74, 6) is -0.816. The van der Waals surface area contributed by atoms with Gasteiger partial charge in [0.2, 0.25) is 5.88 Å². The number of carbonyl (C=O) groups excluding carboxylic acids is 1. The number of allylic oxidation sites excluding steroid dienone is 1. The van der Waals surface area contributed by atoms with Crippen molar-refractivity contribution >= 4 is 51.2 Å². The number of nitrogens with two attached hydrogens (primary N) is 1. The van der Waals surface area contributed by atoms with Crippen LogP contribution in [0.1, 0.15) is 55.5 Å². The van der Waals surface area contributed by atoms with Crippen LogP contribution in [0.5, 0.6) is 5.88 Å². The summed E-state index contributed by atoms with van der Waals surface area (Å²) in [6.45, 7) is 8.72. The maximum atomic E-state index is 14.0. The SMILES string of the molecule is CC1(C)CCC(CN2CCN(c3ccc(C(N)=O)c(N4CC[C@H](C(F)(F)F)Oc5nc6[nH]ccc6cc54)c3)CC2)=C(c2ccc(Cl)cc2)C1. The summed E-state index contributed by atoms with van der Waals surface area (Å²) < 4.78 is 47.4. The second-order valence-corrected chi connectivity index (χ2v) is 14.5. The minimum absolute atomic E-state index is 0.0475. The highest BCUT2D eigenvalue weighted by molar-refractivity contribution is 6.30. The lowest BCUT2D eigenvalue weighted by Crippen LogP contribution is -2.47. The third-order valence-corrected chi connectivity index (χ3v) is 10.3. The van der Waals surface area contributed by atoms with Crippen molar-refractivity contribution in [1.29, 1.82) is 0 Å². The first-order chi connectivity index (χ1) is 23.3. The zero-order valence-electron chi connectivity index (χ0n) is 27.6. The Labute approximate surface area is 288 Å². The number of hydrogen-bond acceptors (Lipinski definition) is 6. The first kappa shape index (κ1) is 33.3. The molecule has 3 N–H and O–H groups in total. The standard InChI is InChI=1S/C37H40ClF3N6O2/c1-36(2)12-9-25(29(21-36)23-3-5-26(38)6-4-23)22-45-15-17-46(18-16-45)27-7-8-28(33(42)48)30(20-27)47-14-11-32(37(39,40)41)49-35-31(47)19-24-10-13-43-34(24)44-35/h3-8,10,13,19-20,32H,9,11-12,14-18,21-22H2,1-2H3,(H2,42,48)(H,43,44)/t32-/m1/s1. The Morgan fingerprint density at radius 1 is 1.04 bits per heavy atom. The summed E-state index contributed by atoms with van der Waals surface area (Å²) >= 11 is 6.20. The average Bonchev–Trinajstić information content (AvgIpc) is 3.43. The number of carbonyl (C=O) groups is 1. The predicted octanol–water partition coefficient (Wildman–Crippen LogP) is 7.95. The van der Waals surface area contributed by atoms with E-state index in [1.165, 1.54) is 16.7 Å². The highest BCUT2D eigenvalue weighted by Gasteiger charge is 2.44. The molecule has 0 unspecified atom stereocenters. The molecule has 1 amide bonds. The van der Waals surface area contributed by atoms with Gasteiger partial charge in [-0.05, 0) is 78.3 Å². The molecule has 4 heterocycles. The lowest BCUT2D eigenvalue weighted by atomic mass is 9.72. The molecule has 258 valence electrons. The summed E-state index contributed by atoms with van der Waals surface area (Å²) in [7, 11) is 0. The van der Waals surface area contributed by atoms with Crippen molar-refractivity contribution in [3.8, 4) is 5.88 Å². The summed E-state index contributed by atoms with van der Waals surface area (Å²) in [5.41, 5.74) is 12.5. The van der Waals surface area contributed by atoms with Crippen molar-refractivity contribution in [2.24, 2.45) is 11.1 Å². The molecule has 0 bridgehead atoms. The monoisotopic (exact) mass is 692 g/mol. The minimum Gasteiger partial charge on any atom is -0.463 e. The van der Waals surface area contributed by atoms with Crippen molar-refractivity contribution in [3.05, 3.63) is 82.5 Å². The zero-order chi connectivity index (χ0) is 34.5. The van der Waals surface area contributed by atoms with Gasteiger partial charge >= 0.3 is 6.18 Å². The molecule has 0 saturated carbocycles. The molecule has 2 aromatic carbocycles. The summed E-state index contributed by atoms with van der Waals surface area (Å²) in [6.07, 6.45) is -2.08. The molecule has 49 heavy (non-hydrogen) atoms. The Hall–Kier alpha value is -4.22. The van der Waals surface area contributed by atoms with Crippen LogP contribution in [0.3, 0.4) is 0 Å². The van der Waals surface area contributed by atoms with E-state index in [1.807, 2.05) is 24.3 Å². The van der Waals surface area contributed by atoms with Crippen LogP contribution in [0.15, 0.2) is 66.4 Å². The maximum Gasteiger partial charge on any atom is 0.425 e. The number of pyridine rings is 1. The number of amides is 1. The molecule has 2 aliphatic heterocycles. The second-order valence-electron chi connectivity index (χ2n) is 14.1. The molecule has 3 aliphatic rings. The number of nitrogens with one attached hydrogen (secondary N) is 1. The molecule has 0 spiro atoms. The van der Waals surface area contributed by atoms with Crippen LogP contribution in [-0.2, 0) is 0 Å². The third-order valence-electron chi connectivity index (χ3n) is 10.1. The van der Waals surface area contributed by atoms with E-state index >= 15 is 0 Å². The molecule has 2 aromatic heterocycles. The number of primary amides is 1. The topological polar surface area (TPSA) is 90.7 Å². The molecule has 1 atom stereocenters. The first-order valence-corrected chi connectivity index (χ1v) is 17.1.